The second-order valence-electron chi connectivity index (χ2n) is 5.17. The van der Waals surface area contributed by atoms with E-state index in [0.717, 1.165) is 26.3 Å². The Morgan fingerprint density at radius 2 is 1.52 bits per heavy atom. The van der Waals surface area contributed by atoms with Gasteiger partial charge < -0.3 is 10.2 Å². The first-order valence-electron chi connectivity index (χ1n) is 7.10. The highest BCUT2D eigenvalue weighted by atomic mass is 35.5. The predicted molar refractivity (Wildman–Crippen MR) is 110 cm³/mol. The average Bonchev–Trinajstić information content (AvgIpc) is 3.04. The van der Waals surface area contributed by atoms with E-state index >= 15 is 0 Å². The highest BCUT2D eigenvalue weighted by Gasteiger charge is 2.28. The molecule has 9 heteroatoms. The minimum atomic E-state index is 0.455. The minimum Gasteiger partial charge on any atom is -0.344 e. The Kier molecular flexibility index (Phi) is 4.97. The molecule has 0 saturated carbocycles. The van der Waals surface area contributed by atoms with Gasteiger partial charge in [-0.05, 0) is 24.3 Å². The number of fused-ring (bicyclic) bond motifs is 2. The SMILES string of the molecule is Clc1cc(Cl)c2c(c1)Sc1cc(Cl)cc(Cl)c1N2CNc1nccs1. The maximum absolute atomic E-state index is 6.50. The molecule has 0 bridgehead atoms. The van der Waals surface area contributed by atoms with Crippen LogP contribution >= 0.6 is 69.5 Å². The van der Waals surface area contributed by atoms with E-state index in [9.17, 15) is 0 Å². The molecular weight excluding hydrogens is 440 g/mol. The zero-order chi connectivity index (χ0) is 17.6. The van der Waals surface area contributed by atoms with Crippen molar-refractivity contribution < 1.29 is 0 Å². The van der Waals surface area contributed by atoms with Crippen LogP contribution in [-0.2, 0) is 0 Å². The summed E-state index contributed by atoms with van der Waals surface area (Å²) in [6.45, 7) is 0.455. The van der Waals surface area contributed by atoms with Crippen molar-refractivity contribution >= 4 is 86.0 Å². The van der Waals surface area contributed by atoms with Crippen LogP contribution < -0.4 is 10.2 Å². The Morgan fingerprint density at radius 1 is 0.920 bits per heavy atom. The van der Waals surface area contributed by atoms with Crippen LogP contribution in [0.2, 0.25) is 20.1 Å². The third-order valence-corrected chi connectivity index (χ3v) is 6.37. The van der Waals surface area contributed by atoms with E-state index in [4.69, 9.17) is 46.4 Å². The Hall–Kier alpha value is -0.820. The number of hydrogen-bond acceptors (Lipinski definition) is 5. The maximum atomic E-state index is 6.50. The van der Waals surface area contributed by atoms with Crippen molar-refractivity contribution in [1.29, 1.82) is 0 Å². The molecule has 0 atom stereocenters. The zero-order valence-electron chi connectivity index (χ0n) is 12.4. The quantitative estimate of drug-likeness (QED) is 0.450. The van der Waals surface area contributed by atoms with Crippen molar-refractivity contribution in [2.45, 2.75) is 9.79 Å². The predicted octanol–water partition coefficient (Wildman–Crippen LogP) is 7.43. The summed E-state index contributed by atoms with van der Waals surface area (Å²) in [6, 6.07) is 7.24. The number of aromatic nitrogens is 1. The van der Waals surface area contributed by atoms with Gasteiger partial charge in [-0.25, -0.2) is 4.98 Å². The molecule has 0 aliphatic carbocycles. The summed E-state index contributed by atoms with van der Waals surface area (Å²) in [5.74, 6) is 0. The van der Waals surface area contributed by atoms with E-state index in [1.54, 1.807) is 30.1 Å². The fourth-order valence-electron chi connectivity index (χ4n) is 2.61. The van der Waals surface area contributed by atoms with Gasteiger partial charge in [0.25, 0.3) is 0 Å². The fourth-order valence-corrected chi connectivity index (χ4v) is 5.80. The molecule has 0 saturated heterocycles. The van der Waals surface area contributed by atoms with Gasteiger partial charge in [-0.2, -0.15) is 0 Å². The number of hydrogen-bond donors (Lipinski definition) is 1. The summed E-state index contributed by atoms with van der Waals surface area (Å²) in [4.78, 5) is 8.18. The molecule has 128 valence electrons. The van der Waals surface area contributed by atoms with Gasteiger partial charge in [0, 0.05) is 31.4 Å². The molecule has 2 heterocycles. The molecule has 0 amide bonds. The molecule has 0 spiro atoms. The molecule has 0 unspecified atom stereocenters. The van der Waals surface area contributed by atoms with E-state index in [1.807, 2.05) is 22.4 Å². The summed E-state index contributed by atoms with van der Waals surface area (Å²) in [5.41, 5.74) is 1.72. The first kappa shape index (κ1) is 17.6. The molecule has 1 aromatic heterocycles. The third kappa shape index (κ3) is 3.42. The largest absolute Gasteiger partial charge is 0.344 e. The fraction of sp³-hybridized carbons (Fsp3) is 0.0625. The Labute approximate surface area is 172 Å². The summed E-state index contributed by atoms with van der Waals surface area (Å²) in [6.07, 6.45) is 1.75. The smallest absolute Gasteiger partial charge is 0.183 e. The Morgan fingerprint density at radius 3 is 2.04 bits per heavy atom. The van der Waals surface area contributed by atoms with Gasteiger partial charge in [0.1, 0.15) is 0 Å². The van der Waals surface area contributed by atoms with E-state index in [1.165, 1.54) is 11.3 Å². The van der Waals surface area contributed by atoms with Gasteiger partial charge in [0.2, 0.25) is 0 Å². The summed E-state index contributed by atoms with van der Waals surface area (Å²) in [7, 11) is 0. The van der Waals surface area contributed by atoms with Crippen LogP contribution in [0.3, 0.4) is 0 Å². The lowest BCUT2D eigenvalue weighted by Crippen LogP contribution is -2.27. The highest BCUT2D eigenvalue weighted by Crippen LogP contribution is 2.54. The van der Waals surface area contributed by atoms with Crippen molar-refractivity contribution in [3.05, 3.63) is 55.9 Å². The van der Waals surface area contributed by atoms with Gasteiger partial charge in [0.05, 0.1) is 28.1 Å². The van der Waals surface area contributed by atoms with Crippen molar-refractivity contribution in [3.8, 4) is 0 Å². The van der Waals surface area contributed by atoms with E-state index in [-0.39, 0.29) is 0 Å². The molecular formula is C16H9Cl4N3S2. The van der Waals surface area contributed by atoms with Crippen LogP contribution in [0.25, 0.3) is 0 Å². The van der Waals surface area contributed by atoms with Gasteiger partial charge in [0.15, 0.2) is 5.13 Å². The lowest BCUT2D eigenvalue weighted by molar-refractivity contribution is 0.985. The first-order valence-corrected chi connectivity index (χ1v) is 10.3. The molecule has 3 nitrogen and oxygen atoms in total. The summed E-state index contributed by atoms with van der Waals surface area (Å²) < 4.78 is 0. The Bertz CT molecular complexity index is 890. The molecule has 3 aromatic rings. The standard InChI is InChI=1S/C16H9Cl4N3S2/c17-8-3-10(19)14-12(5-8)25-13-6-9(18)4-11(20)15(13)23(14)7-22-16-21-1-2-24-16/h1-6H,7H2,(H,21,22). The summed E-state index contributed by atoms with van der Waals surface area (Å²) >= 11 is 28.4. The van der Waals surface area contributed by atoms with Crippen LogP contribution in [0.5, 0.6) is 0 Å². The van der Waals surface area contributed by atoms with E-state index < -0.39 is 0 Å². The number of halogens is 4. The van der Waals surface area contributed by atoms with Gasteiger partial charge in [-0.1, -0.05) is 58.2 Å². The van der Waals surface area contributed by atoms with Crippen molar-refractivity contribution in [2.75, 3.05) is 16.9 Å². The highest BCUT2D eigenvalue weighted by molar-refractivity contribution is 7.99. The molecule has 1 aliphatic heterocycles. The van der Waals surface area contributed by atoms with Gasteiger partial charge in [-0.3, -0.25) is 0 Å². The zero-order valence-corrected chi connectivity index (χ0v) is 17.1. The number of benzene rings is 2. The Balaban J connectivity index is 1.83. The van der Waals surface area contributed by atoms with E-state index in [2.05, 4.69) is 10.3 Å². The van der Waals surface area contributed by atoms with Crippen LogP contribution in [0.15, 0.2) is 45.6 Å². The third-order valence-electron chi connectivity index (χ3n) is 3.57. The molecule has 2 aromatic carbocycles. The number of nitrogens with one attached hydrogen (secondary N) is 1. The lowest BCUT2D eigenvalue weighted by Gasteiger charge is -2.34. The van der Waals surface area contributed by atoms with Crippen LogP contribution in [0.1, 0.15) is 0 Å². The minimum absolute atomic E-state index is 0.455. The average molecular weight is 449 g/mol. The monoisotopic (exact) mass is 447 g/mol. The van der Waals surface area contributed by atoms with Crippen LogP contribution in [0, 0.1) is 0 Å². The van der Waals surface area contributed by atoms with Crippen LogP contribution in [0.4, 0.5) is 16.5 Å². The second kappa shape index (κ2) is 7.06. The van der Waals surface area contributed by atoms with Crippen molar-refractivity contribution in [2.24, 2.45) is 0 Å². The number of rotatable bonds is 3. The molecule has 25 heavy (non-hydrogen) atoms. The second-order valence-corrected chi connectivity index (χ2v) is 8.84. The van der Waals surface area contributed by atoms with Gasteiger partial charge in [-0.15, -0.1) is 11.3 Å². The van der Waals surface area contributed by atoms with Gasteiger partial charge >= 0.3 is 0 Å². The van der Waals surface area contributed by atoms with Crippen molar-refractivity contribution in [1.82, 2.24) is 4.98 Å². The lowest BCUT2D eigenvalue weighted by atomic mass is 10.2. The molecule has 4 rings (SSSR count). The van der Waals surface area contributed by atoms with Crippen molar-refractivity contribution in [3.63, 3.8) is 0 Å². The summed E-state index contributed by atoms with van der Waals surface area (Å²) in [5, 5.41) is 8.32. The number of nitrogens with zero attached hydrogens (tertiary/aromatic N) is 2. The molecule has 0 radical (unpaired) electrons. The molecule has 0 fully saturated rings. The number of thiazole rings is 1. The van der Waals surface area contributed by atoms with E-state index in [0.29, 0.717) is 26.8 Å². The molecule has 1 aliphatic rings. The topological polar surface area (TPSA) is 28.2 Å². The van der Waals surface area contributed by atoms with Crippen LogP contribution in [-0.4, -0.2) is 11.7 Å². The number of anilines is 3. The maximum Gasteiger partial charge on any atom is 0.183 e. The first-order chi connectivity index (χ1) is 12.0. The normalized spacial score (nSPS) is 12.7. The molecule has 1 N–H and O–H groups in total.